The quantitative estimate of drug-likeness (QED) is 0.808. The molecule has 0 radical (unpaired) electrons. The second kappa shape index (κ2) is 4.96. The number of rotatable bonds is 2. The molecule has 18 heavy (non-hydrogen) atoms. The monoisotopic (exact) mass is 251 g/mol. The van der Waals surface area contributed by atoms with Gasteiger partial charge < -0.3 is 9.64 Å². The number of alkyl halides is 1. The number of hydrogen-bond donors (Lipinski definition) is 0. The van der Waals surface area contributed by atoms with E-state index in [9.17, 15) is 9.18 Å². The van der Waals surface area contributed by atoms with Crippen molar-refractivity contribution in [2.24, 2.45) is 0 Å². The number of hydrogen-bond acceptors (Lipinski definition) is 2. The van der Waals surface area contributed by atoms with Crippen LogP contribution in [0.15, 0.2) is 24.3 Å². The highest BCUT2D eigenvalue weighted by atomic mass is 19.1. The van der Waals surface area contributed by atoms with Crippen LogP contribution in [0.4, 0.5) is 4.39 Å². The van der Waals surface area contributed by atoms with Crippen LogP contribution in [0.5, 0.6) is 5.75 Å². The second-order valence-electron chi connectivity index (χ2n) is 4.98. The van der Waals surface area contributed by atoms with Gasteiger partial charge in [-0.1, -0.05) is 6.07 Å². The van der Waals surface area contributed by atoms with Crippen molar-refractivity contribution in [1.82, 2.24) is 4.90 Å². The number of halogens is 1. The van der Waals surface area contributed by atoms with Gasteiger partial charge in [0.15, 0.2) is 0 Å². The summed E-state index contributed by atoms with van der Waals surface area (Å²) in [6, 6.07) is 6.97. The maximum Gasteiger partial charge on any atom is 0.254 e. The average molecular weight is 251 g/mol. The third kappa shape index (κ3) is 2.81. The summed E-state index contributed by atoms with van der Waals surface area (Å²) in [7, 11) is 1.56. The predicted molar refractivity (Wildman–Crippen MR) is 67.6 cm³/mol. The SMILES string of the molecule is COc1cccc(C(=O)N2CCCC(C)(F)C2)c1. The highest BCUT2D eigenvalue weighted by Crippen LogP contribution is 2.26. The minimum Gasteiger partial charge on any atom is -0.497 e. The molecule has 1 aliphatic heterocycles. The number of piperidine rings is 1. The summed E-state index contributed by atoms with van der Waals surface area (Å²) in [5, 5.41) is 0. The smallest absolute Gasteiger partial charge is 0.254 e. The fourth-order valence-corrected chi connectivity index (χ4v) is 2.31. The third-order valence-electron chi connectivity index (χ3n) is 3.25. The van der Waals surface area contributed by atoms with Gasteiger partial charge in [-0.2, -0.15) is 0 Å². The number of carbonyl (C=O) groups is 1. The Hall–Kier alpha value is -1.58. The van der Waals surface area contributed by atoms with Crippen molar-refractivity contribution in [3.8, 4) is 5.75 Å². The molecule has 1 saturated heterocycles. The van der Waals surface area contributed by atoms with Crippen molar-refractivity contribution < 1.29 is 13.9 Å². The first-order valence-corrected chi connectivity index (χ1v) is 6.14. The van der Waals surface area contributed by atoms with Gasteiger partial charge in [0.05, 0.1) is 13.7 Å². The van der Waals surface area contributed by atoms with Crippen molar-refractivity contribution in [2.45, 2.75) is 25.4 Å². The van der Waals surface area contributed by atoms with E-state index in [2.05, 4.69) is 0 Å². The molecule has 0 bridgehead atoms. The Bertz CT molecular complexity index is 445. The molecule has 1 unspecified atom stereocenters. The molecule has 1 aliphatic rings. The third-order valence-corrected chi connectivity index (χ3v) is 3.25. The molecular formula is C14H18FNO2. The maximum atomic E-state index is 13.9. The molecule has 1 fully saturated rings. The van der Waals surface area contributed by atoms with Crippen molar-refractivity contribution in [2.75, 3.05) is 20.2 Å². The van der Waals surface area contributed by atoms with Crippen LogP contribution in [-0.2, 0) is 0 Å². The summed E-state index contributed by atoms with van der Waals surface area (Å²) in [4.78, 5) is 13.8. The van der Waals surface area contributed by atoms with Crippen LogP contribution in [0, 0.1) is 0 Å². The molecule has 1 aromatic rings. The number of nitrogens with zero attached hydrogens (tertiary/aromatic N) is 1. The van der Waals surface area contributed by atoms with Crippen molar-refractivity contribution in [1.29, 1.82) is 0 Å². The van der Waals surface area contributed by atoms with Crippen LogP contribution in [0.1, 0.15) is 30.1 Å². The van der Waals surface area contributed by atoms with E-state index in [1.807, 2.05) is 0 Å². The summed E-state index contributed by atoms with van der Waals surface area (Å²) < 4.78 is 19.0. The molecule has 0 aromatic heterocycles. The van der Waals surface area contributed by atoms with Crippen LogP contribution in [0.2, 0.25) is 0 Å². The van der Waals surface area contributed by atoms with Gasteiger partial charge in [0.1, 0.15) is 11.4 Å². The molecule has 4 heteroatoms. The van der Waals surface area contributed by atoms with E-state index in [4.69, 9.17) is 4.74 Å². The largest absolute Gasteiger partial charge is 0.497 e. The first-order chi connectivity index (χ1) is 8.52. The van der Waals surface area contributed by atoms with Gasteiger partial charge in [-0.15, -0.1) is 0 Å². The Balaban J connectivity index is 2.15. The molecule has 0 N–H and O–H groups in total. The number of likely N-dealkylation sites (tertiary alicyclic amines) is 1. The Kier molecular flexibility index (Phi) is 3.55. The molecule has 0 spiro atoms. The van der Waals surface area contributed by atoms with Crippen LogP contribution < -0.4 is 4.74 Å². The van der Waals surface area contributed by atoms with Crippen LogP contribution in [0.3, 0.4) is 0 Å². The molecule has 1 atom stereocenters. The van der Waals surface area contributed by atoms with E-state index in [0.717, 1.165) is 0 Å². The van der Waals surface area contributed by atoms with Crippen molar-refractivity contribution in [3.63, 3.8) is 0 Å². The van der Waals surface area contributed by atoms with E-state index in [1.165, 1.54) is 0 Å². The van der Waals surface area contributed by atoms with E-state index in [0.29, 0.717) is 30.7 Å². The summed E-state index contributed by atoms with van der Waals surface area (Å²) in [5.41, 5.74) is -0.723. The minimum atomic E-state index is -1.27. The van der Waals surface area contributed by atoms with Crippen molar-refractivity contribution in [3.05, 3.63) is 29.8 Å². The van der Waals surface area contributed by atoms with Gasteiger partial charge in [0.25, 0.3) is 5.91 Å². The summed E-state index contributed by atoms with van der Waals surface area (Å²) >= 11 is 0. The van der Waals surface area contributed by atoms with Gasteiger partial charge in [0.2, 0.25) is 0 Å². The zero-order valence-electron chi connectivity index (χ0n) is 10.8. The number of benzene rings is 1. The lowest BCUT2D eigenvalue weighted by Crippen LogP contribution is -2.46. The molecule has 1 heterocycles. The summed E-state index contributed by atoms with van der Waals surface area (Å²) in [6.07, 6.45) is 1.23. The molecule has 0 aliphatic carbocycles. The van der Waals surface area contributed by atoms with E-state index in [1.54, 1.807) is 43.2 Å². The van der Waals surface area contributed by atoms with Crippen molar-refractivity contribution >= 4 is 5.91 Å². The average Bonchev–Trinajstić information content (AvgIpc) is 2.37. The van der Waals surface area contributed by atoms with Crippen LogP contribution in [-0.4, -0.2) is 36.7 Å². The number of carbonyl (C=O) groups excluding carboxylic acids is 1. The molecule has 0 saturated carbocycles. The first kappa shape index (κ1) is 12.9. The Morgan fingerprint density at radius 1 is 1.50 bits per heavy atom. The zero-order chi connectivity index (χ0) is 13.2. The van der Waals surface area contributed by atoms with Gasteiger partial charge in [-0.25, -0.2) is 4.39 Å². The molecule has 98 valence electrons. The maximum absolute atomic E-state index is 13.9. The molecule has 1 aromatic carbocycles. The molecular weight excluding hydrogens is 233 g/mol. The number of ether oxygens (including phenoxy) is 1. The van der Waals surface area contributed by atoms with E-state index < -0.39 is 5.67 Å². The molecule has 1 amide bonds. The lowest BCUT2D eigenvalue weighted by Gasteiger charge is -2.35. The van der Waals surface area contributed by atoms with Crippen LogP contribution in [0.25, 0.3) is 0 Å². The van der Waals surface area contributed by atoms with Gasteiger partial charge in [-0.3, -0.25) is 4.79 Å². The first-order valence-electron chi connectivity index (χ1n) is 6.14. The fraction of sp³-hybridized carbons (Fsp3) is 0.500. The fourth-order valence-electron chi connectivity index (χ4n) is 2.31. The molecule has 2 rings (SSSR count). The lowest BCUT2D eigenvalue weighted by atomic mass is 9.96. The summed E-state index contributed by atoms with van der Waals surface area (Å²) in [6.45, 7) is 2.34. The minimum absolute atomic E-state index is 0.127. The Morgan fingerprint density at radius 2 is 2.28 bits per heavy atom. The summed E-state index contributed by atoms with van der Waals surface area (Å²) in [5.74, 6) is 0.512. The predicted octanol–water partition coefficient (Wildman–Crippen LogP) is 2.66. The topological polar surface area (TPSA) is 29.5 Å². The van der Waals surface area contributed by atoms with E-state index >= 15 is 0 Å². The number of amides is 1. The second-order valence-corrected chi connectivity index (χ2v) is 4.98. The Labute approximate surface area is 107 Å². The van der Waals surface area contributed by atoms with Gasteiger partial charge in [-0.05, 0) is 38.0 Å². The lowest BCUT2D eigenvalue weighted by molar-refractivity contribution is 0.0417. The zero-order valence-corrected chi connectivity index (χ0v) is 10.8. The molecule has 3 nitrogen and oxygen atoms in total. The standard InChI is InChI=1S/C14H18FNO2/c1-14(15)7-4-8-16(10-14)13(17)11-5-3-6-12(9-11)18-2/h3,5-6,9H,4,7-8,10H2,1-2H3. The van der Waals surface area contributed by atoms with Crippen LogP contribution >= 0.6 is 0 Å². The van der Waals surface area contributed by atoms with Gasteiger partial charge >= 0.3 is 0 Å². The highest BCUT2D eigenvalue weighted by Gasteiger charge is 2.33. The van der Waals surface area contributed by atoms with Gasteiger partial charge in [0, 0.05) is 12.1 Å². The Morgan fingerprint density at radius 3 is 2.94 bits per heavy atom. The normalized spacial score (nSPS) is 23.8. The number of methoxy groups -OCH3 is 1. The highest BCUT2D eigenvalue weighted by molar-refractivity contribution is 5.94. The van der Waals surface area contributed by atoms with E-state index in [-0.39, 0.29) is 12.5 Å².